The topological polar surface area (TPSA) is 52.5 Å². The fraction of sp³-hybridized carbons (Fsp3) is 1.00. The van der Waals surface area contributed by atoms with Crippen LogP contribution in [0.15, 0.2) is 0 Å². The van der Waals surface area contributed by atoms with Gasteiger partial charge >= 0.3 is 0 Å². The van der Waals surface area contributed by atoms with E-state index in [-0.39, 0.29) is 17.6 Å². The first-order valence-corrected chi connectivity index (χ1v) is 5.20. The zero-order valence-corrected chi connectivity index (χ0v) is 10.1. The van der Waals surface area contributed by atoms with Gasteiger partial charge in [-0.2, -0.15) is 0 Å². The molecular weight excluding hydrogens is 178 g/mol. The van der Waals surface area contributed by atoms with Crippen LogP contribution in [0.3, 0.4) is 0 Å². The molecule has 0 heterocycles. The van der Waals surface area contributed by atoms with Crippen molar-refractivity contribution in [2.45, 2.75) is 52.7 Å². The van der Waals surface area contributed by atoms with E-state index in [1.54, 1.807) is 0 Å². The standard InChI is InChI=1S/C11H25NO2/c1-10(2,3)8-11(4,5)12-6-9(14)7-13/h9,12-14H,6-8H2,1-5H3/t9-/m0/s1. The Kier molecular flexibility index (Phi) is 5.06. The van der Waals surface area contributed by atoms with E-state index < -0.39 is 6.10 Å². The van der Waals surface area contributed by atoms with Gasteiger partial charge in [0.1, 0.15) is 0 Å². The highest BCUT2D eigenvalue weighted by Crippen LogP contribution is 2.26. The molecule has 86 valence electrons. The molecule has 0 rings (SSSR count). The Morgan fingerprint density at radius 1 is 1.14 bits per heavy atom. The van der Waals surface area contributed by atoms with E-state index in [0.717, 1.165) is 6.42 Å². The van der Waals surface area contributed by atoms with Gasteiger partial charge in [0.05, 0.1) is 12.7 Å². The van der Waals surface area contributed by atoms with Crippen molar-refractivity contribution in [2.75, 3.05) is 13.2 Å². The molecule has 14 heavy (non-hydrogen) atoms. The van der Waals surface area contributed by atoms with E-state index in [1.807, 2.05) is 0 Å². The summed E-state index contributed by atoms with van der Waals surface area (Å²) >= 11 is 0. The Morgan fingerprint density at radius 2 is 1.64 bits per heavy atom. The van der Waals surface area contributed by atoms with Crippen LogP contribution in [0.1, 0.15) is 41.0 Å². The van der Waals surface area contributed by atoms with Crippen LogP contribution < -0.4 is 5.32 Å². The molecule has 0 fully saturated rings. The van der Waals surface area contributed by atoms with Crippen LogP contribution >= 0.6 is 0 Å². The van der Waals surface area contributed by atoms with Crippen molar-refractivity contribution >= 4 is 0 Å². The maximum Gasteiger partial charge on any atom is 0.0895 e. The normalized spacial score (nSPS) is 15.6. The van der Waals surface area contributed by atoms with Crippen LogP contribution in [-0.2, 0) is 0 Å². The van der Waals surface area contributed by atoms with Gasteiger partial charge in [0.15, 0.2) is 0 Å². The van der Waals surface area contributed by atoms with Crippen molar-refractivity contribution in [1.29, 1.82) is 0 Å². The van der Waals surface area contributed by atoms with E-state index in [9.17, 15) is 5.11 Å². The van der Waals surface area contributed by atoms with Crippen molar-refractivity contribution in [1.82, 2.24) is 5.32 Å². The molecule has 1 atom stereocenters. The molecule has 3 N–H and O–H groups in total. The Morgan fingerprint density at radius 3 is 2.00 bits per heavy atom. The number of nitrogens with one attached hydrogen (secondary N) is 1. The van der Waals surface area contributed by atoms with Crippen LogP contribution in [0.5, 0.6) is 0 Å². The minimum Gasteiger partial charge on any atom is -0.394 e. The first-order chi connectivity index (χ1) is 6.16. The zero-order chi connectivity index (χ0) is 11.4. The lowest BCUT2D eigenvalue weighted by atomic mass is 9.82. The molecule has 0 spiro atoms. The fourth-order valence-electron chi connectivity index (χ4n) is 1.85. The lowest BCUT2D eigenvalue weighted by Gasteiger charge is -2.34. The average molecular weight is 203 g/mol. The van der Waals surface area contributed by atoms with Crippen LogP contribution in [0, 0.1) is 5.41 Å². The molecule has 0 unspecified atom stereocenters. The van der Waals surface area contributed by atoms with E-state index >= 15 is 0 Å². The molecule has 3 nitrogen and oxygen atoms in total. The van der Waals surface area contributed by atoms with E-state index in [0.29, 0.717) is 6.54 Å². The fourth-order valence-corrected chi connectivity index (χ4v) is 1.85. The van der Waals surface area contributed by atoms with Gasteiger partial charge in [-0.15, -0.1) is 0 Å². The molecule has 0 aliphatic heterocycles. The molecule has 0 aromatic carbocycles. The Bertz CT molecular complexity index is 161. The summed E-state index contributed by atoms with van der Waals surface area (Å²) in [5.74, 6) is 0. The summed E-state index contributed by atoms with van der Waals surface area (Å²) in [5, 5.41) is 21.1. The monoisotopic (exact) mass is 203 g/mol. The summed E-state index contributed by atoms with van der Waals surface area (Å²) in [6.07, 6.45) is 0.368. The molecule has 0 amide bonds. The highest BCUT2D eigenvalue weighted by atomic mass is 16.3. The van der Waals surface area contributed by atoms with E-state index in [4.69, 9.17) is 5.11 Å². The second kappa shape index (κ2) is 5.10. The lowest BCUT2D eigenvalue weighted by molar-refractivity contribution is 0.0840. The highest BCUT2D eigenvalue weighted by Gasteiger charge is 2.25. The Hall–Kier alpha value is -0.120. The molecule has 0 aromatic heterocycles. The SMILES string of the molecule is CC(C)(C)CC(C)(C)NC[C@H](O)CO. The van der Waals surface area contributed by atoms with Crippen LogP contribution in [0.2, 0.25) is 0 Å². The molecule has 0 bridgehead atoms. The summed E-state index contributed by atoms with van der Waals surface area (Å²) in [4.78, 5) is 0. The van der Waals surface area contributed by atoms with Gasteiger partial charge in [-0.05, 0) is 25.7 Å². The quantitative estimate of drug-likeness (QED) is 0.628. The van der Waals surface area contributed by atoms with Crippen molar-refractivity contribution in [3.05, 3.63) is 0 Å². The van der Waals surface area contributed by atoms with Gasteiger partial charge in [0.25, 0.3) is 0 Å². The minimum absolute atomic E-state index is 0.00556. The van der Waals surface area contributed by atoms with Crippen LogP contribution in [0.4, 0.5) is 0 Å². The largest absolute Gasteiger partial charge is 0.394 e. The molecule has 0 radical (unpaired) electrons. The molecular formula is C11H25NO2. The minimum atomic E-state index is -0.658. The van der Waals surface area contributed by atoms with Crippen molar-refractivity contribution in [3.63, 3.8) is 0 Å². The van der Waals surface area contributed by atoms with Gasteiger partial charge in [-0.3, -0.25) is 0 Å². The van der Waals surface area contributed by atoms with Crippen LogP contribution in [-0.4, -0.2) is 35.0 Å². The predicted molar refractivity (Wildman–Crippen MR) is 59.2 cm³/mol. The smallest absolute Gasteiger partial charge is 0.0895 e. The summed E-state index contributed by atoms with van der Waals surface area (Å²) in [6, 6.07) is 0. The molecule has 0 saturated heterocycles. The zero-order valence-electron chi connectivity index (χ0n) is 10.1. The molecule has 0 aliphatic carbocycles. The first-order valence-electron chi connectivity index (χ1n) is 5.20. The van der Waals surface area contributed by atoms with Gasteiger partial charge in [0.2, 0.25) is 0 Å². The third-order valence-corrected chi connectivity index (χ3v) is 2.00. The van der Waals surface area contributed by atoms with E-state index in [1.165, 1.54) is 0 Å². The van der Waals surface area contributed by atoms with E-state index in [2.05, 4.69) is 39.9 Å². The van der Waals surface area contributed by atoms with Crippen LogP contribution in [0.25, 0.3) is 0 Å². The number of rotatable bonds is 5. The summed E-state index contributed by atoms with van der Waals surface area (Å²) in [7, 11) is 0. The first kappa shape index (κ1) is 13.9. The summed E-state index contributed by atoms with van der Waals surface area (Å²) in [6.45, 7) is 11.1. The summed E-state index contributed by atoms with van der Waals surface area (Å²) < 4.78 is 0. The molecule has 0 aliphatic rings. The van der Waals surface area contributed by atoms with Gasteiger partial charge in [-0.25, -0.2) is 0 Å². The molecule has 0 saturated carbocycles. The molecule has 3 heteroatoms. The summed E-state index contributed by atoms with van der Waals surface area (Å²) in [5.41, 5.74) is 0.259. The maximum atomic E-state index is 9.21. The van der Waals surface area contributed by atoms with Crippen molar-refractivity contribution < 1.29 is 10.2 Å². The average Bonchev–Trinajstić information content (AvgIpc) is 1.96. The van der Waals surface area contributed by atoms with Gasteiger partial charge in [-0.1, -0.05) is 20.8 Å². The number of aliphatic hydroxyl groups excluding tert-OH is 2. The number of β-amino-alcohol motifs (C(OH)–C–C–N with tert-alkyl or cyclic N) is 1. The van der Waals surface area contributed by atoms with Gasteiger partial charge < -0.3 is 15.5 Å². The third-order valence-electron chi connectivity index (χ3n) is 2.00. The van der Waals surface area contributed by atoms with Crippen molar-refractivity contribution in [2.24, 2.45) is 5.41 Å². The number of hydrogen-bond donors (Lipinski definition) is 3. The lowest BCUT2D eigenvalue weighted by Crippen LogP contribution is -2.46. The number of aliphatic hydroxyl groups is 2. The Labute approximate surface area is 87.5 Å². The second-order valence-electron chi connectivity index (χ2n) is 5.84. The number of hydrogen-bond acceptors (Lipinski definition) is 3. The highest BCUT2D eigenvalue weighted by molar-refractivity contribution is 4.83. The second-order valence-corrected chi connectivity index (χ2v) is 5.84. The Balaban J connectivity index is 3.95. The van der Waals surface area contributed by atoms with Crippen molar-refractivity contribution in [3.8, 4) is 0 Å². The molecule has 0 aromatic rings. The predicted octanol–water partition coefficient (Wildman–Crippen LogP) is 1.14. The maximum absolute atomic E-state index is 9.21. The third kappa shape index (κ3) is 7.30. The van der Waals surface area contributed by atoms with Gasteiger partial charge in [0, 0.05) is 12.1 Å².